The van der Waals surface area contributed by atoms with Crippen LogP contribution in [0.5, 0.6) is 5.75 Å². The molecule has 0 saturated carbocycles. The van der Waals surface area contributed by atoms with Gasteiger partial charge in [0.1, 0.15) is 5.75 Å². The first kappa shape index (κ1) is 23.0. The summed E-state index contributed by atoms with van der Waals surface area (Å²) in [6.07, 6.45) is 5.06. The highest BCUT2D eigenvalue weighted by Gasteiger charge is 2.25. The van der Waals surface area contributed by atoms with Crippen LogP contribution in [-0.4, -0.2) is 48.1 Å². The zero-order chi connectivity index (χ0) is 20.2. The van der Waals surface area contributed by atoms with Gasteiger partial charge in [0.2, 0.25) is 0 Å². The molecule has 2 aromatic heterocycles. The Labute approximate surface area is 202 Å². The van der Waals surface area contributed by atoms with Gasteiger partial charge < -0.3 is 20.3 Å². The maximum absolute atomic E-state index is 6.20. The summed E-state index contributed by atoms with van der Waals surface area (Å²) in [6, 6.07) is 6.03. The Kier molecular flexibility index (Phi) is 8.06. The summed E-state index contributed by atoms with van der Waals surface area (Å²) in [5.41, 5.74) is 2.00. The van der Waals surface area contributed by atoms with Crippen LogP contribution < -0.4 is 20.3 Å². The van der Waals surface area contributed by atoms with E-state index in [1.165, 1.54) is 0 Å². The number of nitrogens with zero attached hydrogens (tertiary/aromatic N) is 4. The number of hydrogen-bond acceptors (Lipinski definition) is 5. The molecule has 1 aliphatic heterocycles. The fourth-order valence-corrected chi connectivity index (χ4v) is 4.42. The molecule has 1 aliphatic rings. The van der Waals surface area contributed by atoms with Crippen LogP contribution in [0.1, 0.15) is 19.0 Å². The molecule has 10 heteroatoms. The van der Waals surface area contributed by atoms with E-state index in [1.807, 2.05) is 40.4 Å². The molecule has 7 nitrogen and oxygen atoms in total. The third kappa shape index (κ3) is 5.30. The Balaban J connectivity index is 0.00000256. The lowest BCUT2D eigenvalue weighted by atomic mass is 10.2. The highest BCUT2D eigenvalue weighted by molar-refractivity contribution is 14.0. The number of halogens is 2. The highest BCUT2D eigenvalue weighted by atomic mass is 127. The minimum atomic E-state index is 0. The number of benzene rings is 1. The maximum atomic E-state index is 6.20. The maximum Gasteiger partial charge on any atom is 0.193 e. The summed E-state index contributed by atoms with van der Waals surface area (Å²) >= 11 is 7.83. The van der Waals surface area contributed by atoms with Crippen LogP contribution in [0.2, 0.25) is 5.02 Å². The molecule has 4 rings (SSSR count). The average Bonchev–Trinajstić information content (AvgIpc) is 3.42. The first-order valence-electron chi connectivity index (χ1n) is 9.70. The predicted molar refractivity (Wildman–Crippen MR) is 135 cm³/mol. The van der Waals surface area contributed by atoms with E-state index < -0.39 is 0 Å². The second-order valence-electron chi connectivity index (χ2n) is 6.91. The zero-order valence-corrected chi connectivity index (χ0v) is 20.9. The van der Waals surface area contributed by atoms with E-state index in [2.05, 4.69) is 27.4 Å². The number of fused-ring (bicyclic) bond motifs is 1. The standard InChI is InChI=1S/C20H25ClN6OS.HI/c1-3-22-19(23-11-16-13-27-8-9-29-20(27)25-16)24-15-6-7-26(12-15)17-10-14(21)4-5-18(17)28-2;/h4-5,8-10,13,15H,3,6-7,11-12H2,1-2H3,(H2,22,23,24);1H. The smallest absolute Gasteiger partial charge is 0.193 e. The van der Waals surface area contributed by atoms with Crippen LogP contribution >= 0.6 is 46.9 Å². The van der Waals surface area contributed by atoms with Gasteiger partial charge in [-0.2, -0.15) is 0 Å². The molecule has 1 saturated heterocycles. The van der Waals surface area contributed by atoms with E-state index >= 15 is 0 Å². The van der Waals surface area contributed by atoms with Gasteiger partial charge in [0, 0.05) is 48.5 Å². The Morgan fingerprint density at radius 3 is 3.07 bits per heavy atom. The highest BCUT2D eigenvalue weighted by Crippen LogP contribution is 2.33. The molecule has 162 valence electrons. The van der Waals surface area contributed by atoms with E-state index in [0.717, 1.165) is 54.1 Å². The van der Waals surface area contributed by atoms with Crippen LogP contribution in [0.15, 0.2) is 41.0 Å². The van der Waals surface area contributed by atoms with Crippen molar-refractivity contribution >= 4 is 63.5 Å². The van der Waals surface area contributed by atoms with Crippen molar-refractivity contribution in [3.05, 3.63) is 46.7 Å². The van der Waals surface area contributed by atoms with E-state index in [9.17, 15) is 0 Å². The van der Waals surface area contributed by atoms with Crippen LogP contribution in [0.25, 0.3) is 4.96 Å². The number of aromatic nitrogens is 2. The molecule has 1 atom stereocenters. The number of aliphatic imine (C=N–C) groups is 1. The first-order chi connectivity index (χ1) is 14.2. The van der Waals surface area contributed by atoms with E-state index in [-0.39, 0.29) is 24.0 Å². The molecule has 1 unspecified atom stereocenters. The fraction of sp³-hybridized carbons (Fsp3) is 0.400. The summed E-state index contributed by atoms with van der Waals surface area (Å²) < 4.78 is 7.54. The van der Waals surface area contributed by atoms with Gasteiger partial charge in [-0.15, -0.1) is 35.3 Å². The molecule has 0 bridgehead atoms. The van der Waals surface area contributed by atoms with Gasteiger partial charge in [-0.25, -0.2) is 9.98 Å². The third-order valence-electron chi connectivity index (χ3n) is 4.90. The second-order valence-corrected chi connectivity index (χ2v) is 8.22. The summed E-state index contributed by atoms with van der Waals surface area (Å²) in [6.45, 7) is 5.22. The molecule has 2 N–H and O–H groups in total. The lowest BCUT2D eigenvalue weighted by Crippen LogP contribution is -2.44. The number of methoxy groups -OCH3 is 1. The number of rotatable bonds is 6. The van der Waals surface area contributed by atoms with Crippen molar-refractivity contribution in [2.45, 2.75) is 25.9 Å². The minimum absolute atomic E-state index is 0. The number of anilines is 1. The Morgan fingerprint density at radius 1 is 1.43 bits per heavy atom. The molecule has 1 aromatic carbocycles. The minimum Gasteiger partial charge on any atom is -0.495 e. The second kappa shape index (κ2) is 10.5. The molecular weight excluding hydrogens is 535 g/mol. The van der Waals surface area contributed by atoms with Crippen LogP contribution in [0.3, 0.4) is 0 Å². The van der Waals surface area contributed by atoms with Crippen LogP contribution in [0.4, 0.5) is 5.69 Å². The monoisotopic (exact) mass is 560 g/mol. The Hall–Kier alpha value is -1.72. The van der Waals surface area contributed by atoms with Crippen molar-refractivity contribution in [3.63, 3.8) is 0 Å². The Morgan fingerprint density at radius 2 is 2.30 bits per heavy atom. The number of guanidine groups is 1. The molecule has 0 spiro atoms. The predicted octanol–water partition coefficient (Wildman–Crippen LogP) is 4.01. The molecule has 0 amide bonds. The molecule has 0 aliphatic carbocycles. The van der Waals surface area contributed by atoms with Crippen LogP contribution in [-0.2, 0) is 6.54 Å². The van der Waals surface area contributed by atoms with E-state index in [4.69, 9.17) is 21.3 Å². The number of imidazole rings is 1. The fourth-order valence-electron chi connectivity index (χ4n) is 3.53. The average molecular weight is 561 g/mol. The summed E-state index contributed by atoms with van der Waals surface area (Å²) in [4.78, 5) is 12.6. The lowest BCUT2D eigenvalue weighted by molar-refractivity contribution is 0.415. The number of nitrogens with one attached hydrogen (secondary N) is 2. The van der Waals surface area contributed by atoms with Gasteiger partial charge in [-0.05, 0) is 31.5 Å². The van der Waals surface area contributed by atoms with Gasteiger partial charge in [-0.3, -0.25) is 4.40 Å². The lowest BCUT2D eigenvalue weighted by Gasteiger charge is -2.22. The number of ether oxygens (including phenoxy) is 1. The van der Waals surface area contributed by atoms with Gasteiger partial charge in [-0.1, -0.05) is 11.6 Å². The normalized spacial score (nSPS) is 16.6. The zero-order valence-electron chi connectivity index (χ0n) is 17.0. The van der Waals surface area contributed by atoms with E-state index in [1.54, 1.807) is 18.4 Å². The van der Waals surface area contributed by atoms with Crippen molar-refractivity contribution in [2.24, 2.45) is 4.99 Å². The van der Waals surface area contributed by atoms with Crippen molar-refractivity contribution < 1.29 is 4.74 Å². The van der Waals surface area contributed by atoms with E-state index in [0.29, 0.717) is 17.6 Å². The Bertz CT molecular complexity index is 978. The number of hydrogen-bond donors (Lipinski definition) is 2. The molecule has 3 aromatic rings. The first-order valence-corrected chi connectivity index (χ1v) is 11.0. The van der Waals surface area contributed by atoms with Crippen LogP contribution in [0, 0.1) is 0 Å². The number of thiazole rings is 1. The molecule has 30 heavy (non-hydrogen) atoms. The topological polar surface area (TPSA) is 66.2 Å². The molecule has 3 heterocycles. The third-order valence-corrected chi connectivity index (χ3v) is 5.90. The van der Waals surface area contributed by atoms with Crippen molar-refractivity contribution in [1.29, 1.82) is 0 Å². The summed E-state index contributed by atoms with van der Waals surface area (Å²) in [5.74, 6) is 1.66. The quantitative estimate of drug-likeness (QED) is 0.271. The molecular formula is C20H26ClIN6OS. The van der Waals surface area contributed by atoms with Gasteiger partial charge in [0.05, 0.1) is 25.0 Å². The molecule has 1 fully saturated rings. The summed E-state index contributed by atoms with van der Waals surface area (Å²) in [5, 5.41) is 9.64. The molecule has 0 radical (unpaired) electrons. The largest absolute Gasteiger partial charge is 0.495 e. The van der Waals surface area contributed by atoms with Crippen molar-refractivity contribution in [1.82, 2.24) is 20.0 Å². The SMILES string of the molecule is CCNC(=NCc1cn2ccsc2n1)NC1CCN(c2cc(Cl)ccc2OC)C1.I. The van der Waals surface area contributed by atoms with Gasteiger partial charge in [0.15, 0.2) is 10.9 Å². The summed E-state index contributed by atoms with van der Waals surface area (Å²) in [7, 11) is 1.69. The van der Waals surface area contributed by atoms with Gasteiger partial charge in [0.25, 0.3) is 0 Å². The van der Waals surface area contributed by atoms with Crippen molar-refractivity contribution in [3.8, 4) is 5.75 Å². The van der Waals surface area contributed by atoms with Crippen molar-refractivity contribution in [2.75, 3.05) is 31.6 Å². The van der Waals surface area contributed by atoms with Gasteiger partial charge >= 0.3 is 0 Å².